The van der Waals surface area contributed by atoms with Crippen molar-refractivity contribution in [2.45, 2.75) is 31.5 Å². The van der Waals surface area contributed by atoms with E-state index in [-0.39, 0.29) is 24.5 Å². The van der Waals surface area contributed by atoms with E-state index in [1.54, 1.807) is 12.1 Å². The largest absolute Gasteiger partial charge is 0.504 e. The lowest BCUT2D eigenvalue weighted by molar-refractivity contribution is 0.0637. The van der Waals surface area contributed by atoms with Crippen molar-refractivity contribution in [3.05, 3.63) is 65.8 Å². The smallest absolute Gasteiger partial charge is 0.259 e. The Morgan fingerprint density at radius 3 is 2.46 bits per heavy atom. The molecule has 5 heteroatoms. The highest BCUT2D eigenvalue weighted by molar-refractivity contribution is 6.08. The average molecular weight is 327 g/mol. The molecule has 1 aromatic rings. The fraction of sp³-hybridized carbons (Fsp3) is 0.316. The Bertz CT molecular complexity index is 727. The molecule has 0 spiro atoms. The van der Waals surface area contributed by atoms with Crippen LogP contribution in [-0.4, -0.2) is 44.9 Å². The third-order valence-corrected chi connectivity index (χ3v) is 3.96. The number of aliphatic hydroxyl groups excluding tert-OH is 3. The maximum Gasteiger partial charge on any atom is 0.259 e. The van der Waals surface area contributed by atoms with Crippen molar-refractivity contribution in [2.24, 2.45) is 0 Å². The zero-order valence-electron chi connectivity index (χ0n) is 13.4. The van der Waals surface area contributed by atoms with Crippen molar-refractivity contribution >= 4 is 11.6 Å². The minimum atomic E-state index is -0.893. The van der Waals surface area contributed by atoms with Crippen LogP contribution in [0, 0.1) is 0 Å². The van der Waals surface area contributed by atoms with Crippen molar-refractivity contribution in [2.75, 3.05) is 6.54 Å². The molecule has 24 heavy (non-hydrogen) atoms. The van der Waals surface area contributed by atoms with Gasteiger partial charge in [-0.05, 0) is 18.9 Å². The van der Waals surface area contributed by atoms with Crippen molar-refractivity contribution in [1.82, 2.24) is 4.90 Å². The minimum Gasteiger partial charge on any atom is -0.504 e. The maximum atomic E-state index is 12.4. The summed E-state index contributed by atoms with van der Waals surface area (Å²) < 4.78 is 0. The number of hydrogen-bond acceptors (Lipinski definition) is 4. The standard InChI is InChI=1S/C19H21NO4/c1-3-13(21)11-15(23)12-14(22)9-10-20-18(4-2)16-7-5-6-8-17(16)19(20)24/h5-8,14-15,21-23H,1-2,9-12H2/t14-,15+/m1/s1. The third kappa shape index (κ3) is 3.85. The van der Waals surface area contributed by atoms with Gasteiger partial charge in [-0.1, -0.05) is 37.1 Å². The molecular weight excluding hydrogens is 306 g/mol. The number of amides is 1. The molecule has 0 aliphatic carbocycles. The van der Waals surface area contributed by atoms with E-state index in [4.69, 9.17) is 0 Å². The lowest BCUT2D eigenvalue weighted by Crippen LogP contribution is -2.28. The molecule has 1 aromatic carbocycles. The molecule has 126 valence electrons. The Hall–Kier alpha value is -2.55. The van der Waals surface area contributed by atoms with Crippen LogP contribution in [0.25, 0.3) is 5.70 Å². The molecule has 3 N–H and O–H groups in total. The highest BCUT2D eigenvalue weighted by atomic mass is 16.3. The van der Waals surface area contributed by atoms with E-state index in [1.165, 1.54) is 4.90 Å². The molecule has 5 nitrogen and oxygen atoms in total. The summed E-state index contributed by atoms with van der Waals surface area (Å²) in [6.45, 7) is 7.22. The predicted octanol–water partition coefficient (Wildman–Crippen LogP) is 2.39. The van der Waals surface area contributed by atoms with Crippen LogP contribution in [-0.2, 0) is 0 Å². The van der Waals surface area contributed by atoms with Gasteiger partial charge in [-0.3, -0.25) is 4.79 Å². The summed E-state index contributed by atoms with van der Waals surface area (Å²) in [6, 6.07) is 7.23. The van der Waals surface area contributed by atoms with Crippen LogP contribution in [0.5, 0.6) is 0 Å². The number of aliphatic hydroxyl groups is 3. The number of carbonyl (C=O) groups is 1. The molecule has 1 amide bonds. The molecular formula is C19H21NO4. The van der Waals surface area contributed by atoms with Gasteiger partial charge in [0.15, 0.2) is 0 Å². The van der Waals surface area contributed by atoms with Gasteiger partial charge in [0, 0.05) is 24.1 Å². The van der Waals surface area contributed by atoms with Gasteiger partial charge in [0.05, 0.1) is 17.9 Å². The highest BCUT2D eigenvalue weighted by Gasteiger charge is 2.31. The van der Waals surface area contributed by atoms with Crippen LogP contribution in [0.3, 0.4) is 0 Å². The first-order valence-electron chi connectivity index (χ1n) is 7.73. The molecule has 1 aliphatic rings. The van der Waals surface area contributed by atoms with Gasteiger partial charge >= 0.3 is 0 Å². The van der Waals surface area contributed by atoms with Crippen LogP contribution in [0.15, 0.2) is 54.6 Å². The molecule has 0 unspecified atom stereocenters. The van der Waals surface area contributed by atoms with Crippen LogP contribution in [0.1, 0.15) is 35.2 Å². The number of rotatable bonds is 7. The van der Waals surface area contributed by atoms with Crippen molar-refractivity contribution in [3.63, 3.8) is 0 Å². The normalized spacial score (nSPS) is 15.5. The van der Waals surface area contributed by atoms with E-state index in [1.807, 2.05) is 12.1 Å². The second-order valence-corrected chi connectivity index (χ2v) is 5.69. The molecule has 0 fully saturated rings. The van der Waals surface area contributed by atoms with E-state index in [9.17, 15) is 20.1 Å². The van der Waals surface area contributed by atoms with E-state index < -0.39 is 12.2 Å². The fourth-order valence-corrected chi connectivity index (χ4v) is 2.76. The van der Waals surface area contributed by atoms with Crippen LogP contribution >= 0.6 is 0 Å². The molecule has 1 heterocycles. The van der Waals surface area contributed by atoms with Crippen LogP contribution in [0.4, 0.5) is 0 Å². The summed E-state index contributed by atoms with van der Waals surface area (Å²) in [5.74, 6) is -0.284. The average Bonchev–Trinajstić information content (AvgIpc) is 2.84. The summed E-state index contributed by atoms with van der Waals surface area (Å²) >= 11 is 0. The first-order chi connectivity index (χ1) is 11.5. The SMILES string of the molecule is C=C=C(O)C[C@H](O)C[C@H](O)CCN1C(=O)c2ccccc2C1=C=C. The number of hydrogen-bond donors (Lipinski definition) is 3. The maximum absolute atomic E-state index is 12.4. The van der Waals surface area contributed by atoms with Crippen molar-refractivity contribution in [3.8, 4) is 0 Å². The molecule has 0 aromatic heterocycles. The Labute approximate surface area is 141 Å². The van der Waals surface area contributed by atoms with E-state index in [0.717, 1.165) is 5.56 Å². The molecule has 0 saturated heterocycles. The fourth-order valence-electron chi connectivity index (χ4n) is 2.76. The summed E-state index contributed by atoms with van der Waals surface area (Å²) in [4.78, 5) is 14.0. The van der Waals surface area contributed by atoms with Gasteiger partial charge in [-0.2, -0.15) is 0 Å². The molecule has 1 aliphatic heterocycles. The number of fused-ring (bicyclic) bond motifs is 1. The summed E-state index contributed by atoms with van der Waals surface area (Å²) in [5, 5.41) is 29.1. The molecule has 2 rings (SSSR count). The number of nitrogens with zero attached hydrogens (tertiary/aromatic N) is 1. The van der Waals surface area contributed by atoms with Crippen LogP contribution in [0.2, 0.25) is 0 Å². The lowest BCUT2D eigenvalue weighted by atomic mass is 10.1. The lowest BCUT2D eigenvalue weighted by Gasteiger charge is -2.20. The summed E-state index contributed by atoms with van der Waals surface area (Å²) in [6.07, 6.45) is -1.32. The van der Waals surface area contributed by atoms with Gasteiger partial charge in [0.2, 0.25) is 0 Å². The third-order valence-electron chi connectivity index (χ3n) is 3.96. The molecule has 2 atom stereocenters. The summed E-state index contributed by atoms with van der Waals surface area (Å²) in [5.41, 5.74) is 7.06. The Balaban J connectivity index is 1.96. The second-order valence-electron chi connectivity index (χ2n) is 5.69. The number of carbonyl (C=O) groups excluding carboxylic acids is 1. The van der Waals surface area contributed by atoms with Gasteiger partial charge in [-0.25, -0.2) is 0 Å². The molecule has 0 radical (unpaired) electrons. The zero-order valence-corrected chi connectivity index (χ0v) is 13.4. The predicted molar refractivity (Wildman–Crippen MR) is 91.2 cm³/mol. The van der Waals surface area contributed by atoms with Gasteiger partial charge < -0.3 is 20.2 Å². The van der Waals surface area contributed by atoms with Crippen molar-refractivity contribution in [1.29, 1.82) is 0 Å². The second kappa shape index (κ2) is 7.82. The van der Waals surface area contributed by atoms with Gasteiger partial charge in [-0.15, -0.1) is 5.73 Å². The van der Waals surface area contributed by atoms with E-state index in [2.05, 4.69) is 24.6 Å². The van der Waals surface area contributed by atoms with Gasteiger partial charge in [0.25, 0.3) is 5.91 Å². The molecule has 0 saturated carbocycles. The van der Waals surface area contributed by atoms with Crippen LogP contribution < -0.4 is 0 Å². The first kappa shape index (κ1) is 17.8. The highest BCUT2D eigenvalue weighted by Crippen LogP contribution is 2.31. The monoisotopic (exact) mass is 327 g/mol. The number of benzene rings is 1. The Morgan fingerprint density at radius 2 is 1.83 bits per heavy atom. The summed E-state index contributed by atoms with van der Waals surface area (Å²) in [7, 11) is 0. The van der Waals surface area contributed by atoms with Crippen molar-refractivity contribution < 1.29 is 20.1 Å². The topological polar surface area (TPSA) is 81.0 Å². The van der Waals surface area contributed by atoms with E-state index in [0.29, 0.717) is 24.2 Å². The molecule has 0 bridgehead atoms. The van der Waals surface area contributed by atoms with Gasteiger partial charge in [0.1, 0.15) is 5.76 Å². The Morgan fingerprint density at radius 1 is 1.17 bits per heavy atom. The Kier molecular flexibility index (Phi) is 5.80. The zero-order chi connectivity index (χ0) is 17.7. The minimum absolute atomic E-state index is 0.00748. The quantitative estimate of drug-likeness (QED) is 0.530. The first-order valence-corrected chi connectivity index (χ1v) is 7.73. The van der Waals surface area contributed by atoms with E-state index >= 15 is 0 Å².